The minimum atomic E-state index is -0.621. The molecule has 2 aromatic rings. The predicted molar refractivity (Wildman–Crippen MR) is 87.1 cm³/mol. The van der Waals surface area contributed by atoms with Crippen LogP contribution in [0.2, 0.25) is 0 Å². The number of pyridine rings is 1. The van der Waals surface area contributed by atoms with Crippen LogP contribution in [0, 0.1) is 11.3 Å². The number of aromatic hydroxyl groups is 1. The van der Waals surface area contributed by atoms with Crippen molar-refractivity contribution in [2.24, 2.45) is 10.2 Å². The maximum Gasteiger partial charge on any atom is 0.300 e. The Morgan fingerprint density at radius 1 is 1.38 bits per heavy atom. The number of rotatable bonds is 3. The summed E-state index contributed by atoms with van der Waals surface area (Å²) in [6.07, 6.45) is 5.23. The molecule has 1 aliphatic carbocycles. The van der Waals surface area contributed by atoms with Gasteiger partial charge >= 0.3 is 5.56 Å². The lowest BCUT2D eigenvalue weighted by atomic mass is 9.86. The summed E-state index contributed by atoms with van der Waals surface area (Å²) in [6, 6.07) is 3.25. The van der Waals surface area contributed by atoms with E-state index < -0.39 is 5.56 Å². The summed E-state index contributed by atoms with van der Waals surface area (Å²) in [7, 11) is 0. The van der Waals surface area contributed by atoms with Gasteiger partial charge in [-0.05, 0) is 12.8 Å². The van der Waals surface area contributed by atoms with Crippen molar-refractivity contribution in [1.29, 1.82) is 5.26 Å². The van der Waals surface area contributed by atoms with Gasteiger partial charge < -0.3 is 10.9 Å². The Morgan fingerprint density at radius 2 is 2.12 bits per heavy atom. The number of hydrogen-bond donors (Lipinski definition) is 2. The topological polar surface area (TPSA) is 143 Å². The predicted octanol–water partition coefficient (Wildman–Crippen LogP) is 2.45. The molecule has 1 aliphatic rings. The molecule has 10 heteroatoms. The second-order valence-corrected chi connectivity index (χ2v) is 6.26. The Balaban J connectivity index is 1.93. The molecule has 1 fully saturated rings. The fourth-order valence-electron chi connectivity index (χ4n) is 2.82. The lowest BCUT2D eigenvalue weighted by Gasteiger charge is -2.23. The Bertz CT molecular complexity index is 874. The number of azo groups is 1. The van der Waals surface area contributed by atoms with Gasteiger partial charge in [0.05, 0.1) is 5.69 Å². The fourth-order valence-corrected chi connectivity index (χ4v) is 3.27. The SMILES string of the molecule is N#Cc1nsc(N=Nc2c(O)cc(C3CCCCC3)n(N)c2=O)n1. The van der Waals surface area contributed by atoms with Crippen molar-refractivity contribution in [2.45, 2.75) is 38.0 Å². The van der Waals surface area contributed by atoms with Crippen molar-refractivity contribution in [1.82, 2.24) is 14.0 Å². The van der Waals surface area contributed by atoms with Crippen LogP contribution in [0.15, 0.2) is 21.1 Å². The zero-order valence-electron chi connectivity index (χ0n) is 12.7. The lowest BCUT2D eigenvalue weighted by Crippen LogP contribution is -2.31. The highest BCUT2D eigenvalue weighted by Gasteiger charge is 2.22. The maximum absolute atomic E-state index is 12.4. The number of nitrogen functional groups attached to an aromatic ring is 1. The van der Waals surface area contributed by atoms with E-state index in [1.54, 1.807) is 6.07 Å². The molecule has 3 rings (SSSR count). The molecular formula is C14H15N7O2S. The molecule has 3 N–H and O–H groups in total. The van der Waals surface area contributed by atoms with Crippen molar-refractivity contribution >= 4 is 22.4 Å². The maximum atomic E-state index is 12.4. The first-order chi connectivity index (χ1) is 11.6. The van der Waals surface area contributed by atoms with E-state index in [1.165, 1.54) is 12.5 Å². The van der Waals surface area contributed by atoms with Crippen LogP contribution >= 0.6 is 11.5 Å². The molecule has 2 aromatic heterocycles. The Morgan fingerprint density at radius 3 is 2.79 bits per heavy atom. The average molecular weight is 345 g/mol. The molecule has 24 heavy (non-hydrogen) atoms. The Hall–Kier alpha value is -2.80. The van der Waals surface area contributed by atoms with Crippen molar-refractivity contribution in [3.05, 3.63) is 27.9 Å². The number of nitrogens with zero attached hydrogens (tertiary/aromatic N) is 6. The van der Waals surface area contributed by atoms with E-state index in [0.29, 0.717) is 5.69 Å². The van der Waals surface area contributed by atoms with Crippen LogP contribution in [0.25, 0.3) is 0 Å². The minimum absolute atomic E-state index is 0.0259. The van der Waals surface area contributed by atoms with Gasteiger partial charge in [-0.2, -0.15) is 14.6 Å². The highest BCUT2D eigenvalue weighted by Crippen LogP contribution is 2.35. The number of hydrogen-bond acceptors (Lipinski definition) is 9. The van der Waals surface area contributed by atoms with Crippen LogP contribution in [0.3, 0.4) is 0 Å². The van der Waals surface area contributed by atoms with Crippen LogP contribution in [-0.4, -0.2) is 19.1 Å². The summed E-state index contributed by atoms with van der Waals surface area (Å²) < 4.78 is 4.76. The van der Waals surface area contributed by atoms with E-state index in [2.05, 4.69) is 19.6 Å². The monoisotopic (exact) mass is 345 g/mol. The molecule has 9 nitrogen and oxygen atoms in total. The third-order valence-corrected chi connectivity index (χ3v) is 4.60. The zero-order chi connectivity index (χ0) is 17.1. The van der Waals surface area contributed by atoms with E-state index in [0.717, 1.165) is 41.9 Å². The number of nitrogens with two attached hydrogens (primary N) is 1. The van der Waals surface area contributed by atoms with Gasteiger partial charge in [-0.3, -0.25) is 4.79 Å². The quantitative estimate of drug-likeness (QED) is 0.646. The summed E-state index contributed by atoms with van der Waals surface area (Å²) in [4.78, 5) is 16.2. The van der Waals surface area contributed by atoms with Crippen molar-refractivity contribution < 1.29 is 5.11 Å². The third kappa shape index (κ3) is 3.11. The summed E-state index contributed by atoms with van der Waals surface area (Å²) >= 11 is 0.869. The van der Waals surface area contributed by atoms with Gasteiger partial charge in [0.2, 0.25) is 11.0 Å². The van der Waals surface area contributed by atoms with E-state index >= 15 is 0 Å². The summed E-state index contributed by atoms with van der Waals surface area (Å²) in [5, 5.41) is 26.4. The van der Waals surface area contributed by atoms with Gasteiger partial charge in [-0.1, -0.05) is 19.3 Å². The molecule has 0 saturated heterocycles. The highest BCUT2D eigenvalue weighted by atomic mass is 32.1. The van der Waals surface area contributed by atoms with Gasteiger partial charge in [-0.25, -0.2) is 4.68 Å². The molecule has 0 bridgehead atoms. The minimum Gasteiger partial charge on any atom is -0.505 e. The molecule has 0 atom stereocenters. The highest BCUT2D eigenvalue weighted by molar-refractivity contribution is 7.09. The normalized spacial score (nSPS) is 15.6. The van der Waals surface area contributed by atoms with Gasteiger partial charge in [-0.15, -0.1) is 10.2 Å². The van der Waals surface area contributed by atoms with Crippen LogP contribution in [0.5, 0.6) is 5.75 Å². The second kappa shape index (κ2) is 6.76. The third-order valence-electron chi connectivity index (χ3n) is 4.00. The van der Waals surface area contributed by atoms with E-state index in [4.69, 9.17) is 11.1 Å². The standard InChI is InChI=1S/C14H15N7O2S/c15-7-11-17-14(24-20-11)19-18-12-10(22)6-9(21(16)13(12)23)8-4-2-1-3-5-8/h6,8,22H,1-5,16H2. The molecule has 2 heterocycles. The zero-order valence-corrected chi connectivity index (χ0v) is 13.5. The Labute approximate surface area is 141 Å². The average Bonchev–Trinajstić information content (AvgIpc) is 3.07. The molecule has 0 aromatic carbocycles. The van der Waals surface area contributed by atoms with Gasteiger partial charge in [0, 0.05) is 23.5 Å². The van der Waals surface area contributed by atoms with Crippen LogP contribution in [0.1, 0.15) is 49.5 Å². The van der Waals surface area contributed by atoms with Crippen LogP contribution < -0.4 is 11.4 Å². The summed E-state index contributed by atoms with van der Waals surface area (Å²) in [6.45, 7) is 0. The molecule has 0 unspecified atom stereocenters. The van der Waals surface area contributed by atoms with E-state index in [9.17, 15) is 9.90 Å². The van der Waals surface area contributed by atoms with Crippen molar-refractivity contribution in [3.63, 3.8) is 0 Å². The first kappa shape index (κ1) is 16.1. The van der Waals surface area contributed by atoms with Gasteiger partial charge in [0.15, 0.2) is 11.4 Å². The van der Waals surface area contributed by atoms with Crippen LogP contribution in [0.4, 0.5) is 10.8 Å². The molecule has 1 saturated carbocycles. The Kier molecular flexibility index (Phi) is 4.52. The second-order valence-electron chi connectivity index (χ2n) is 5.53. The molecule has 0 amide bonds. The van der Waals surface area contributed by atoms with Crippen molar-refractivity contribution in [2.75, 3.05) is 5.84 Å². The fraction of sp³-hybridized carbons (Fsp3) is 0.429. The van der Waals surface area contributed by atoms with E-state index in [1.807, 2.05) is 0 Å². The number of nitriles is 1. The molecule has 124 valence electrons. The smallest absolute Gasteiger partial charge is 0.300 e. The molecular weight excluding hydrogens is 330 g/mol. The lowest BCUT2D eigenvalue weighted by molar-refractivity contribution is 0.422. The first-order valence-corrected chi connectivity index (χ1v) is 8.27. The summed E-state index contributed by atoms with van der Waals surface area (Å²) in [5.74, 6) is 5.77. The van der Waals surface area contributed by atoms with Gasteiger partial charge in [0.25, 0.3) is 0 Å². The van der Waals surface area contributed by atoms with E-state index in [-0.39, 0.29) is 28.3 Å². The molecule has 0 aliphatic heterocycles. The van der Waals surface area contributed by atoms with Gasteiger partial charge in [0.1, 0.15) is 6.07 Å². The van der Waals surface area contributed by atoms with Crippen LogP contribution in [-0.2, 0) is 0 Å². The first-order valence-electron chi connectivity index (χ1n) is 7.49. The largest absolute Gasteiger partial charge is 0.505 e. The molecule has 0 spiro atoms. The molecule has 0 radical (unpaired) electrons. The number of aromatic nitrogens is 3. The summed E-state index contributed by atoms with van der Waals surface area (Å²) in [5.41, 5.74) is -0.269. The van der Waals surface area contributed by atoms with Crippen molar-refractivity contribution in [3.8, 4) is 11.8 Å².